The number of hydrogen-bond donors (Lipinski definition) is 2. The van der Waals surface area contributed by atoms with Gasteiger partial charge < -0.3 is 15.2 Å². The van der Waals surface area contributed by atoms with Crippen molar-refractivity contribution in [3.63, 3.8) is 0 Å². The predicted molar refractivity (Wildman–Crippen MR) is 88.3 cm³/mol. The largest absolute Gasteiger partial charge is 0.491 e. The lowest BCUT2D eigenvalue weighted by Crippen LogP contribution is -2.27. The molecule has 0 amide bonds. The van der Waals surface area contributed by atoms with E-state index in [1.165, 1.54) is 6.33 Å². The van der Waals surface area contributed by atoms with Crippen LogP contribution in [-0.4, -0.2) is 40.6 Å². The highest BCUT2D eigenvalue weighted by atomic mass is 35.5. The third-order valence-electron chi connectivity index (χ3n) is 3.22. The first kappa shape index (κ1) is 17.2. The minimum absolute atomic E-state index is 0.0681. The van der Waals surface area contributed by atoms with Gasteiger partial charge in [0.25, 0.3) is 0 Å². The number of rotatable bonds is 7. The van der Waals surface area contributed by atoms with E-state index in [2.05, 4.69) is 15.3 Å². The molecule has 7 heteroatoms. The summed E-state index contributed by atoms with van der Waals surface area (Å²) in [5.74, 6) is 1.01. The normalized spacial score (nSPS) is 11.8. The second-order valence-corrected chi connectivity index (χ2v) is 5.52. The Bertz CT molecular complexity index is 694. The summed E-state index contributed by atoms with van der Waals surface area (Å²) in [5, 5.41) is 12.9. The molecule has 122 valence electrons. The van der Waals surface area contributed by atoms with Gasteiger partial charge in [0.15, 0.2) is 6.29 Å². The van der Waals surface area contributed by atoms with Gasteiger partial charge in [-0.05, 0) is 25.5 Å². The molecular weight excluding hydrogens is 318 g/mol. The monoisotopic (exact) mass is 335 g/mol. The van der Waals surface area contributed by atoms with Crippen molar-refractivity contribution < 1.29 is 14.6 Å². The fourth-order valence-electron chi connectivity index (χ4n) is 2.04. The topological polar surface area (TPSA) is 84.3 Å². The van der Waals surface area contributed by atoms with Crippen molar-refractivity contribution >= 4 is 23.7 Å². The Morgan fingerprint density at radius 3 is 2.87 bits per heavy atom. The van der Waals surface area contributed by atoms with Crippen LogP contribution in [0.25, 0.3) is 0 Å². The highest BCUT2D eigenvalue weighted by Crippen LogP contribution is 2.19. The van der Waals surface area contributed by atoms with Crippen LogP contribution in [0, 0.1) is 13.8 Å². The van der Waals surface area contributed by atoms with Crippen LogP contribution < -0.4 is 10.1 Å². The van der Waals surface area contributed by atoms with Gasteiger partial charge in [0.05, 0.1) is 5.56 Å². The number of benzene rings is 1. The van der Waals surface area contributed by atoms with Crippen LogP contribution in [0.1, 0.15) is 21.5 Å². The molecule has 0 bridgehead atoms. The van der Waals surface area contributed by atoms with Gasteiger partial charge in [-0.1, -0.05) is 29.3 Å². The quantitative estimate of drug-likeness (QED) is 0.597. The zero-order valence-electron chi connectivity index (χ0n) is 12.9. The van der Waals surface area contributed by atoms with Crippen molar-refractivity contribution in [3.8, 4) is 5.75 Å². The van der Waals surface area contributed by atoms with E-state index >= 15 is 0 Å². The lowest BCUT2D eigenvalue weighted by Gasteiger charge is -2.15. The van der Waals surface area contributed by atoms with Crippen molar-refractivity contribution in [1.82, 2.24) is 9.97 Å². The summed E-state index contributed by atoms with van der Waals surface area (Å²) in [6.45, 7) is 4.24. The Morgan fingerprint density at radius 2 is 2.17 bits per heavy atom. The highest BCUT2D eigenvalue weighted by Gasteiger charge is 2.11. The van der Waals surface area contributed by atoms with E-state index in [4.69, 9.17) is 16.3 Å². The van der Waals surface area contributed by atoms with Crippen LogP contribution in [-0.2, 0) is 0 Å². The molecule has 1 heterocycles. The van der Waals surface area contributed by atoms with Crippen LogP contribution in [0.4, 0.5) is 5.82 Å². The smallest absolute Gasteiger partial charge is 0.156 e. The number of aliphatic hydroxyl groups is 1. The summed E-state index contributed by atoms with van der Waals surface area (Å²) >= 11 is 5.81. The number of halogens is 1. The van der Waals surface area contributed by atoms with Gasteiger partial charge >= 0.3 is 0 Å². The first-order chi connectivity index (χ1) is 11.0. The molecule has 1 aromatic heterocycles. The second kappa shape index (κ2) is 7.89. The lowest BCUT2D eigenvalue weighted by atomic mass is 10.1. The molecule has 0 aliphatic rings. The molecule has 0 unspecified atom stereocenters. The SMILES string of the molecule is Cc1ccc(OC[C@H](O)CNc2ncnc(Cl)c2C=O)c(C)c1. The molecule has 1 aromatic carbocycles. The first-order valence-corrected chi connectivity index (χ1v) is 7.46. The molecule has 2 N–H and O–H groups in total. The maximum Gasteiger partial charge on any atom is 0.156 e. The Kier molecular flexibility index (Phi) is 5.90. The summed E-state index contributed by atoms with van der Waals surface area (Å²) in [6, 6.07) is 5.84. The van der Waals surface area contributed by atoms with Gasteiger partial charge in [0, 0.05) is 6.54 Å². The van der Waals surface area contributed by atoms with E-state index < -0.39 is 6.10 Å². The van der Waals surface area contributed by atoms with Crippen molar-refractivity contribution in [1.29, 1.82) is 0 Å². The van der Waals surface area contributed by atoms with E-state index in [0.717, 1.165) is 16.9 Å². The van der Waals surface area contributed by atoms with E-state index in [9.17, 15) is 9.90 Å². The number of anilines is 1. The summed E-state index contributed by atoms with van der Waals surface area (Å²) in [6.07, 6.45) is 1.04. The molecule has 1 atom stereocenters. The maximum absolute atomic E-state index is 11.0. The van der Waals surface area contributed by atoms with Crippen LogP contribution in [0.3, 0.4) is 0 Å². The first-order valence-electron chi connectivity index (χ1n) is 7.09. The zero-order chi connectivity index (χ0) is 16.8. The minimum atomic E-state index is -0.774. The molecule has 23 heavy (non-hydrogen) atoms. The fraction of sp³-hybridized carbons (Fsp3) is 0.312. The van der Waals surface area contributed by atoms with E-state index in [0.29, 0.717) is 6.29 Å². The predicted octanol–water partition coefficient (Wildman–Crippen LogP) is 2.41. The van der Waals surface area contributed by atoms with Gasteiger partial charge in [-0.3, -0.25) is 4.79 Å². The Hall–Kier alpha value is -2.18. The van der Waals surface area contributed by atoms with Crippen molar-refractivity contribution in [2.45, 2.75) is 20.0 Å². The standard InChI is InChI=1S/C16H18ClN3O3/c1-10-3-4-14(11(2)5-10)23-8-12(22)6-18-16-13(7-21)15(17)19-9-20-16/h3-5,7,9,12,22H,6,8H2,1-2H3,(H,18,19,20)/t12-/m1/s1. The maximum atomic E-state index is 11.0. The number of aldehydes is 1. The van der Waals surface area contributed by atoms with Crippen LogP contribution in [0.2, 0.25) is 5.15 Å². The highest BCUT2D eigenvalue weighted by molar-refractivity contribution is 6.32. The number of aliphatic hydroxyl groups excluding tert-OH is 1. The van der Waals surface area contributed by atoms with Gasteiger partial charge in [-0.2, -0.15) is 0 Å². The van der Waals surface area contributed by atoms with Crippen LogP contribution in [0.15, 0.2) is 24.5 Å². The number of hydrogen-bond acceptors (Lipinski definition) is 6. The second-order valence-electron chi connectivity index (χ2n) is 5.16. The molecule has 0 aliphatic heterocycles. The average Bonchev–Trinajstić information content (AvgIpc) is 2.52. The zero-order valence-corrected chi connectivity index (χ0v) is 13.7. The van der Waals surface area contributed by atoms with Crippen LogP contribution >= 0.6 is 11.6 Å². The van der Waals surface area contributed by atoms with Crippen molar-refractivity contribution in [2.75, 3.05) is 18.5 Å². The molecule has 6 nitrogen and oxygen atoms in total. The number of carbonyl (C=O) groups is 1. The molecule has 0 radical (unpaired) electrons. The van der Waals surface area contributed by atoms with Gasteiger partial charge in [-0.15, -0.1) is 0 Å². The molecule has 0 fully saturated rings. The van der Waals surface area contributed by atoms with Gasteiger partial charge in [0.2, 0.25) is 0 Å². The molecule has 0 spiro atoms. The number of nitrogens with one attached hydrogen (secondary N) is 1. The van der Waals surface area contributed by atoms with E-state index in [1.54, 1.807) is 0 Å². The molecule has 0 saturated heterocycles. The minimum Gasteiger partial charge on any atom is -0.491 e. The summed E-state index contributed by atoms with van der Waals surface area (Å²) in [7, 11) is 0. The average molecular weight is 336 g/mol. The molecule has 0 aliphatic carbocycles. The van der Waals surface area contributed by atoms with Gasteiger partial charge in [-0.25, -0.2) is 9.97 Å². The number of carbonyl (C=O) groups excluding carboxylic acids is 1. The lowest BCUT2D eigenvalue weighted by molar-refractivity contribution is 0.112. The molecule has 2 rings (SSSR count). The summed E-state index contributed by atoms with van der Waals surface area (Å²) in [4.78, 5) is 18.6. The number of aryl methyl sites for hydroxylation is 2. The summed E-state index contributed by atoms with van der Waals surface area (Å²) < 4.78 is 5.60. The number of nitrogens with zero attached hydrogens (tertiary/aromatic N) is 2. The van der Waals surface area contributed by atoms with E-state index in [-0.39, 0.29) is 29.7 Å². The summed E-state index contributed by atoms with van der Waals surface area (Å²) in [5.41, 5.74) is 2.33. The van der Waals surface area contributed by atoms with Crippen LogP contribution in [0.5, 0.6) is 5.75 Å². The van der Waals surface area contributed by atoms with Crippen molar-refractivity contribution in [2.24, 2.45) is 0 Å². The fourth-order valence-corrected chi connectivity index (χ4v) is 2.22. The third-order valence-corrected chi connectivity index (χ3v) is 3.52. The Labute approximate surface area is 139 Å². The third kappa shape index (κ3) is 4.64. The number of aromatic nitrogens is 2. The Balaban J connectivity index is 1.89. The molecule has 0 saturated carbocycles. The molecular formula is C16H18ClN3O3. The van der Waals surface area contributed by atoms with Crippen molar-refractivity contribution in [3.05, 3.63) is 46.4 Å². The molecule has 2 aromatic rings. The van der Waals surface area contributed by atoms with Gasteiger partial charge in [0.1, 0.15) is 35.8 Å². The van der Waals surface area contributed by atoms with E-state index in [1.807, 2.05) is 32.0 Å². The number of ether oxygens (including phenoxy) is 1. The Morgan fingerprint density at radius 1 is 1.39 bits per heavy atom.